The molecule has 9 heteroatoms. The number of rotatable bonds is 7. The van der Waals surface area contributed by atoms with Crippen LogP contribution in [0.5, 0.6) is 17.2 Å². The van der Waals surface area contributed by atoms with Crippen LogP contribution in [0.25, 0.3) is 0 Å². The Morgan fingerprint density at radius 2 is 1.84 bits per heavy atom. The van der Waals surface area contributed by atoms with Crippen molar-refractivity contribution in [2.45, 2.75) is 18.9 Å². The summed E-state index contributed by atoms with van der Waals surface area (Å²) in [7, 11) is 2.74. The third kappa shape index (κ3) is 3.93. The fourth-order valence-electron chi connectivity index (χ4n) is 2.72. The largest absolute Gasteiger partial charge is 0.493 e. The number of likely N-dealkylation sites (tertiary alicyclic amines) is 1. The van der Waals surface area contributed by atoms with Gasteiger partial charge in [0.05, 0.1) is 14.2 Å². The highest BCUT2D eigenvalue weighted by atomic mass is 16.5. The molecule has 3 N–H and O–H groups in total. The molecule has 136 valence electrons. The summed E-state index contributed by atoms with van der Waals surface area (Å²) in [5, 5.41) is 9.24. The van der Waals surface area contributed by atoms with Gasteiger partial charge < -0.3 is 30.0 Å². The number of ether oxygens (including phenoxy) is 3. The molecule has 1 heterocycles. The van der Waals surface area contributed by atoms with Crippen LogP contribution in [-0.2, 0) is 9.59 Å². The van der Waals surface area contributed by atoms with Gasteiger partial charge in [-0.3, -0.25) is 9.59 Å². The predicted octanol–water partition coefficient (Wildman–Crippen LogP) is 0.257. The maximum atomic E-state index is 12.7. The van der Waals surface area contributed by atoms with E-state index in [-0.39, 0.29) is 29.4 Å². The molecule has 0 aromatic heterocycles. The highest BCUT2D eigenvalue weighted by Crippen LogP contribution is 2.39. The summed E-state index contributed by atoms with van der Waals surface area (Å²) in [6.45, 7) is -0.0203. The molecule has 0 bridgehead atoms. The van der Waals surface area contributed by atoms with Gasteiger partial charge in [-0.1, -0.05) is 0 Å². The number of carbonyl (C=O) groups is 3. The molecule has 1 aromatic carbocycles. The van der Waals surface area contributed by atoms with E-state index in [1.807, 2.05) is 0 Å². The van der Waals surface area contributed by atoms with E-state index in [1.54, 1.807) is 0 Å². The Kier molecular flexibility index (Phi) is 5.68. The van der Waals surface area contributed by atoms with Crippen molar-refractivity contribution in [2.75, 3.05) is 27.4 Å². The van der Waals surface area contributed by atoms with Crippen LogP contribution >= 0.6 is 0 Å². The molecule has 25 heavy (non-hydrogen) atoms. The number of aliphatic carboxylic acids is 1. The molecule has 0 radical (unpaired) electrons. The molecule has 1 aromatic rings. The van der Waals surface area contributed by atoms with Crippen molar-refractivity contribution in [3.63, 3.8) is 0 Å². The molecule has 1 aliphatic rings. The first-order valence-electron chi connectivity index (χ1n) is 7.60. The van der Waals surface area contributed by atoms with Crippen molar-refractivity contribution >= 4 is 17.8 Å². The van der Waals surface area contributed by atoms with Crippen molar-refractivity contribution in [1.82, 2.24) is 4.90 Å². The number of nitrogens with zero attached hydrogens (tertiary/aromatic N) is 1. The number of primary amides is 1. The lowest BCUT2D eigenvalue weighted by Gasteiger charge is -2.22. The van der Waals surface area contributed by atoms with Crippen molar-refractivity contribution in [3.8, 4) is 17.2 Å². The number of amides is 2. The summed E-state index contributed by atoms with van der Waals surface area (Å²) in [6.07, 6.45) is 1.03. The average molecular weight is 352 g/mol. The Morgan fingerprint density at radius 1 is 1.24 bits per heavy atom. The second-order valence-corrected chi connectivity index (χ2v) is 5.46. The van der Waals surface area contributed by atoms with Gasteiger partial charge in [0, 0.05) is 12.1 Å². The van der Waals surface area contributed by atoms with Gasteiger partial charge in [0.2, 0.25) is 5.75 Å². The van der Waals surface area contributed by atoms with E-state index in [1.165, 1.54) is 31.3 Å². The molecule has 1 aliphatic heterocycles. The fourth-order valence-corrected chi connectivity index (χ4v) is 2.72. The van der Waals surface area contributed by atoms with Crippen molar-refractivity contribution in [3.05, 3.63) is 17.7 Å². The molecule has 0 saturated carbocycles. The van der Waals surface area contributed by atoms with Crippen LogP contribution in [0.1, 0.15) is 23.2 Å². The van der Waals surface area contributed by atoms with Gasteiger partial charge in [-0.2, -0.15) is 0 Å². The molecule has 1 saturated heterocycles. The Balaban J connectivity index is 2.36. The first kappa shape index (κ1) is 18.4. The van der Waals surface area contributed by atoms with E-state index >= 15 is 0 Å². The summed E-state index contributed by atoms with van der Waals surface area (Å²) in [5.41, 5.74) is 5.27. The molecule has 2 amide bonds. The van der Waals surface area contributed by atoms with Gasteiger partial charge in [-0.15, -0.1) is 0 Å². The number of hydrogen-bond acceptors (Lipinski definition) is 6. The predicted molar refractivity (Wildman–Crippen MR) is 85.9 cm³/mol. The maximum absolute atomic E-state index is 12.7. The number of methoxy groups -OCH3 is 2. The van der Waals surface area contributed by atoms with E-state index in [2.05, 4.69) is 0 Å². The van der Waals surface area contributed by atoms with Gasteiger partial charge >= 0.3 is 5.97 Å². The van der Waals surface area contributed by atoms with E-state index in [9.17, 15) is 19.5 Å². The lowest BCUT2D eigenvalue weighted by atomic mass is 10.1. The molecular weight excluding hydrogens is 332 g/mol. The standard InChI is InChI=1S/C16H20N2O7/c1-23-11-6-9(7-12(24-2)14(11)25-8-13(17)19)15(20)18-5-3-4-10(18)16(21)22/h6-7,10H,3-5,8H2,1-2H3,(H2,17,19)(H,21,22)/t10-/m0/s1. The minimum absolute atomic E-state index is 0.136. The first-order chi connectivity index (χ1) is 11.9. The van der Waals surface area contributed by atoms with Gasteiger partial charge in [0.1, 0.15) is 6.04 Å². The summed E-state index contributed by atoms with van der Waals surface area (Å²) in [4.78, 5) is 36.2. The number of carboxylic acids is 1. The van der Waals surface area contributed by atoms with Crippen LogP contribution in [0, 0.1) is 0 Å². The second kappa shape index (κ2) is 7.73. The van der Waals surface area contributed by atoms with Gasteiger partial charge in [-0.25, -0.2) is 4.79 Å². The van der Waals surface area contributed by atoms with E-state index < -0.39 is 23.8 Å². The van der Waals surface area contributed by atoms with Crippen LogP contribution in [0.3, 0.4) is 0 Å². The summed E-state index contributed by atoms with van der Waals surface area (Å²) in [5.74, 6) is -1.67. The lowest BCUT2D eigenvalue weighted by molar-refractivity contribution is -0.141. The zero-order valence-corrected chi connectivity index (χ0v) is 14.0. The monoisotopic (exact) mass is 352 g/mol. The summed E-state index contributed by atoms with van der Waals surface area (Å²) >= 11 is 0. The molecule has 0 spiro atoms. The zero-order valence-electron chi connectivity index (χ0n) is 14.0. The highest BCUT2D eigenvalue weighted by Gasteiger charge is 2.35. The van der Waals surface area contributed by atoms with E-state index in [0.717, 1.165) is 0 Å². The minimum atomic E-state index is -1.04. The van der Waals surface area contributed by atoms with E-state index in [4.69, 9.17) is 19.9 Å². The Labute approximate surface area is 144 Å². The van der Waals surface area contributed by atoms with Gasteiger partial charge in [0.15, 0.2) is 18.1 Å². The Morgan fingerprint density at radius 3 is 2.32 bits per heavy atom. The molecule has 9 nitrogen and oxygen atoms in total. The third-order valence-electron chi connectivity index (χ3n) is 3.87. The molecular formula is C16H20N2O7. The zero-order chi connectivity index (χ0) is 18.6. The van der Waals surface area contributed by atoms with Crippen LogP contribution in [0.15, 0.2) is 12.1 Å². The van der Waals surface area contributed by atoms with Crippen molar-refractivity contribution < 1.29 is 33.7 Å². The molecule has 2 rings (SSSR count). The molecule has 1 fully saturated rings. The van der Waals surface area contributed by atoms with Crippen molar-refractivity contribution in [1.29, 1.82) is 0 Å². The second-order valence-electron chi connectivity index (χ2n) is 5.46. The van der Waals surface area contributed by atoms with Crippen LogP contribution in [0.2, 0.25) is 0 Å². The molecule has 0 unspecified atom stereocenters. The van der Waals surface area contributed by atoms with Gasteiger partial charge in [-0.05, 0) is 25.0 Å². The maximum Gasteiger partial charge on any atom is 0.326 e. The fraction of sp³-hybridized carbons (Fsp3) is 0.438. The summed E-state index contributed by atoms with van der Waals surface area (Å²) < 4.78 is 15.7. The number of nitrogens with two attached hydrogens (primary N) is 1. The van der Waals surface area contributed by atoms with E-state index in [0.29, 0.717) is 19.4 Å². The third-order valence-corrected chi connectivity index (χ3v) is 3.87. The van der Waals surface area contributed by atoms with Crippen LogP contribution in [-0.4, -0.2) is 61.2 Å². The van der Waals surface area contributed by atoms with Crippen LogP contribution in [0.4, 0.5) is 0 Å². The SMILES string of the molecule is COc1cc(C(=O)N2CCC[C@H]2C(=O)O)cc(OC)c1OCC(N)=O. The Hall–Kier alpha value is -2.97. The lowest BCUT2D eigenvalue weighted by Crippen LogP contribution is -2.40. The molecule has 1 atom stereocenters. The number of carbonyl (C=O) groups excluding carboxylic acids is 2. The Bertz CT molecular complexity index is 664. The quantitative estimate of drug-likeness (QED) is 0.720. The van der Waals surface area contributed by atoms with Crippen molar-refractivity contribution in [2.24, 2.45) is 5.73 Å². The number of benzene rings is 1. The minimum Gasteiger partial charge on any atom is -0.493 e. The van der Waals surface area contributed by atoms with Crippen LogP contribution < -0.4 is 19.9 Å². The normalized spacial score (nSPS) is 16.4. The highest BCUT2D eigenvalue weighted by molar-refractivity contribution is 5.98. The average Bonchev–Trinajstić information content (AvgIpc) is 3.08. The number of carboxylic acid groups (broad SMARTS) is 1. The number of hydrogen-bond donors (Lipinski definition) is 2. The topological polar surface area (TPSA) is 128 Å². The first-order valence-corrected chi connectivity index (χ1v) is 7.60. The van der Waals surface area contributed by atoms with Gasteiger partial charge in [0.25, 0.3) is 11.8 Å². The molecule has 0 aliphatic carbocycles. The smallest absolute Gasteiger partial charge is 0.326 e. The summed E-state index contributed by atoms with van der Waals surface area (Å²) in [6, 6.07) is 1.98.